The molecule has 0 aliphatic rings. The Morgan fingerprint density at radius 3 is 1.45 bits per heavy atom. The third kappa shape index (κ3) is 11.7. The van der Waals surface area contributed by atoms with E-state index in [1.165, 1.54) is 0 Å². The number of ether oxygens (including phenoxy) is 2. The van der Waals surface area contributed by atoms with Crippen molar-refractivity contribution in [2.75, 3.05) is 52.5 Å². The molecule has 0 bridgehead atoms. The first-order chi connectivity index (χ1) is 10.4. The van der Waals surface area contributed by atoms with E-state index in [1.807, 2.05) is 13.8 Å². The van der Waals surface area contributed by atoms with Gasteiger partial charge in [0.25, 0.3) is 0 Å². The molecule has 0 aliphatic carbocycles. The number of rotatable bonds is 12. The second kappa shape index (κ2) is 12.6. The highest BCUT2D eigenvalue weighted by atomic mass is 35.5. The lowest BCUT2D eigenvalue weighted by Crippen LogP contribution is -2.33. The van der Waals surface area contributed by atoms with Crippen LogP contribution in [0.3, 0.4) is 0 Å². The van der Waals surface area contributed by atoms with Gasteiger partial charge in [0.1, 0.15) is 13.2 Å². The maximum Gasteiger partial charge on any atom is 0.508 e. The molecule has 0 rings (SSSR count). The van der Waals surface area contributed by atoms with Gasteiger partial charge in [-0.25, -0.2) is 4.79 Å². The number of likely N-dealkylation sites (N-methyl/N-ethyl adjacent to an activating group) is 2. The van der Waals surface area contributed by atoms with Crippen LogP contribution in [0.15, 0.2) is 0 Å². The molecule has 0 aromatic rings. The van der Waals surface area contributed by atoms with Gasteiger partial charge in [-0.05, 0) is 36.3 Å². The Balaban J connectivity index is 3.81. The van der Waals surface area contributed by atoms with Crippen molar-refractivity contribution in [3.63, 3.8) is 0 Å². The molecule has 0 aromatic carbocycles. The summed E-state index contributed by atoms with van der Waals surface area (Å²) in [5.74, 6) is 0. The highest BCUT2D eigenvalue weighted by molar-refractivity contribution is 6.64. The largest absolute Gasteiger partial charge is 0.508 e. The standard InChI is InChI=1S/C13H22Cl2N2O5/c1-3-16(9-11(14)18)5-7-21-13(20)22-8-6-17(4-2)10-12(15)19/h3-10H2,1-2H3. The van der Waals surface area contributed by atoms with Crippen LogP contribution in [0.5, 0.6) is 0 Å². The van der Waals surface area contributed by atoms with Gasteiger partial charge in [-0.2, -0.15) is 0 Å². The first-order valence-electron chi connectivity index (χ1n) is 6.99. The molecule has 0 fully saturated rings. The van der Waals surface area contributed by atoms with Crippen LogP contribution in [0.4, 0.5) is 4.79 Å². The van der Waals surface area contributed by atoms with Gasteiger partial charge < -0.3 is 9.47 Å². The van der Waals surface area contributed by atoms with E-state index < -0.39 is 16.6 Å². The molecule has 22 heavy (non-hydrogen) atoms. The van der Waals surface area contributed by atoms with Gasteiger partial charge in [0.05, 0.1) is 13.1 Å². The summed E-state index contributed by atoms with van der Waals surface area (Å²) in [6.45, 7) is 6.19. The van der Waals surface area contributed by atoms with Gasteiger partial charge >= 0.3 is 6.16 Å². The highest BCUT2D eigenvalue weighted by Crippen LogP contribution is 1.95. The van der Waals surface area contributed by atoms with E-state index in [0.29, 0.717) is 26.2 Å². The normalized spacial score (nSPS) is 10.8. The van der Waals surface area contributed by atoms with E-state index in [0.717, 1.165) is 0 Å². The van der Waals surface area contributed by atoms with Crippen LogP contribution in [-0.2, 0) is 19.1 Å². The van der Waals surface area contributed by atoms with Crippen molar-refractivity contribution in [3.8, 4) is 0 Å². The Labute approximate surface area is 140 Å². The average Bonchev–Trinajstić information content (AvgIpc) is 2.44. The van der Waals surface area contributed by atoms with Crippen molar-refractivity contribution >= 4 is 39.8 Å². The quantitative estimate of drug-likeness (QED) is 0.385. The molecule has 0 heterocycles. The lowest BCUT2D eigenvalue weighted by Gasteiger charge is -2.19. The van der Waals surface area contributed by atoms with Crippen molar-refractivity contribution < 1.29 is 23.9 Å². The minimum absolute atomic E-state index is 0.106. The van der Waals surface area contributed by atoms with Crippen LogP contribution in [0.2, 0.25) is 0 Å². The second-order valence-corrected chi connectivity index (χ2v) is 5.24. The molecule has 0 aromatic heterocycles. The molecule has 0 aliphatic heterocycles. The van der Waals surface area contributed by atoms with Crippen LogP contribution in [0, 0.1) is 0 Å². The third-order valence-corrected chi connectivity index (χ3v) is 3.08. The Bertz CT molecular complexity index is 336. The van der Waals surface area contributed by atoms with E-state index in [4.69, 9.17) is 32.7 Å². The van der Waals surface area contributed by atoms with E-state index in [2.05, 4.69) is 0 Å². The van der Waals surface area contributed by atoms with E-state index >= 15 is 0 Å². The molecule has 0 spiro atoms. The monoisotopic (exact) mass is 356 g/mol. The van der Waals surface area contributed by atoms with Crippen molar-refractivity contribution in [1.82, 2.24) is 9.80 Å². The van der Waals surface area contributed by atoms with Gasteiger partial charge in [0, 0.05) is 13.1 Å². The van der Waals surface area contributed by atoms with Gasteiger partial charge in [-0.1, -0.05) is 13.8 Å². The predicted molar refractivity (Wildman–Crippen MR) is 83.2 cm³/mol. The third-order valence-electron chi connectivity index (χ3n) is 2.85. The Morgan fingerprint density at radius 2 is 1.18 bits per heavy atom. The predicted octanol–water partition coefficient (Wildman–Crippen LogP) is 1.31. The van der Waals surface area contributed by atoms with Crippen molar-refractivity contribution in [2.24, 2.45) is 0 Å². The van der Waals surface area contributed by atoms with Crippen LogP contribution < -0.4 is 0 Å². The summed E-state index contributed by atoms with van der Waals surface area (Å²) in [7, 11) is 0. The summed E-state index contributed by atoms with van der Waals surface area (Å²) in [5.41, 5.74) is 0. The molecule has 0 amide bonds. The molecule has 9 heteroatoms. The lowest BCUT2D eigenvalue weighted by molar-refractivity contribution is -0.113. The molecular weight excluding hydrogens is 335 g/mol. The zero-order chi connectivity index (χ0) is 17.0. The van der Waals surface area contributed by atoms with Gasteiger partial charge in [-0.15, -0.1) is 0 Å². The van der Waals surface area contributed by atoms with Gasteiger partial charge in [-0.3, -0.25) is 19.4 Å². The maximum atomic E-state index is 11.4. The number of hydrogen-bond acceptors (Lipinski definition) is 7. The number of halogens is 2. The zero-order valence-electron chi connectivity index (χ0n) is 12.8. The average molecular weight is 357 g/mol. The SMILES string of the molecule is CCN(CCOC(=O)OCCN(CC)CC(=O)Cl)CC(=O)Cl. The lowest BCUT2D eigenvalue weighted by atomic mass is 10.5. The first kappa shape index (κ1) is 21.1. The van der Waals surface area contributed by atoms with E-state index in [-0.39, 0.29) is 26.3 Å². The summed E-state index contributed by atoms with van der Waals surface area (Å²) in [4.78, 5) is 36.4. The van der Waals surface area contributed by atoms with Crippen LogP contribution in [0.25, 0.3) is 0 Å². The maximum absolute atomic E-state index is 11.4. The van der Waals surface area contributed by atoms with Crippen molar-refractivity contribution in [3.05, 3.63) is 0 Å². The molecule has 0 atom stereocenters. The summed E-state index contributed by atoms with van der Waals surface area (Å²) < 4.78 is 9.77. The van der Waals surface area contributed by atoms with E-state index in [9.17, 15) is 14.4 Å². The number of carbonyl (C=O) groups excluding carboxylic acids is 3. The van der Waals surface area contributed by atoms with Gasteiger partial charge in [0.15, 0.2) is 0 Å². The molecule has 0 radical (unpaired) electrons. The fraction of sp³-hybridized carbons (Fsp3) is 0.769. The van der Waals surface area contributed by atoms with E-state index in [1.54, 1.807) is 9.80 Å². The van der Waals surface area contributed by atoms with Crippen LogP contribution >= 0.6 is 23.2 Å². The fourth-order valence-corrected chi connectivity index (χ4v) is 1.95. The second-order valence-electron chi connectivity index (χ2n) is 4.39. The van der Waals surface area contributed by atoms with Crippen molar-refractivity contribution in [1.29, 1.82) is 0 Å². The van der Waals surface area contributed by atoms with Crippen LogP contribution in [-0.4, -0.2) is 78.9 Å². The number of hydrogen-bond donors (Lipinski definition) is 0. The molecule has 0 saturated heterocycles. The zero-order valence-corrected chi connectivity index (χ0v) is 14.4. The number of nitrogens with zero attached hydrogens (tertiary/aromatic N) is 2. The summed E-state index contributed by atoms with van der Waals surface area (Å²) in [6.07, 6.45) is -0.790. The molecule has 128 valence electrons. The Morgan fingerprint density at radius 1 is 0.818 bits per heavy atom. The fourth-order valence-electron chi connectivity index (χ4n) is 1.61. The topological polar surface area (TPSA) is 76.2 Å². The molecule has 0 unspecified atom stereocenters. The molecule has 7 nitrogen and oxygen atoms in total. The van der Waals surface area contributed by atoms with Crippen molar-refractivity contribution in [2.45, 2.75) is 13.8 Å². The summed E-state index contributed by atoms with van der Waals surface area (Å²) >= 11 is 10.6. The minimum Gasteiger partial charge on any atom is -0.433 e. The number of carbonyl (C=O) groups is 3. The van der Waals surface area contributed by atoms with Gasteiger partial charge in [0.2, 0.25) is 10.5 Å². The minimum atomic E-state index is -0.790. The van der Waals surface area contributed by atoms with Crippen LogP contribution in [0.1, 0.15) is 13.8 Å². The molecule has 0 N–H and O–H groups in total. The molecule has 0 saturated carbocycles. The smallest absolute Gasteiger partial charge is 0.433 e. The summed E-state index contributed by atoms with van der Waals surface area (Å²) in [5, 5.41) is -0.921. The Hall–Kier alpha value is -0.890. The summed E-state index contributed by atoms with van der Waals surface area (Å²) in [6, 6.07) is 0. The highest BCUT2D eigenvalue weighted by Gasteiger charge is 2.11. The first-order valence-corrected chi connectivity index (χ1v) is 7.75. The Kier molecular flexibility index (Phi) is 12.1. The molecular formula is C13H22Cl2N2O5.